The van der Waals surface area contributed by atoms with Gasteiger partial charge in [-0.25, -0.2) is 24.3 Å². The van der Waals surface area contributed by atoms with Gasteiger partial charge in [0.2, 0.25) is 0 Å². The molecule has 3 aliphatic heterocycles. The zero-order chi connectivity index (χ0) is 30.8. The van der Waals surface area contributed by atoms with Gasteiger partial charge in [-0.2, -0.15) is 0 Å². The molecule has 4 aromatic rings. The number of anilines is 4. The van der Waals surface area contributed by atoms with E-state index in [1.165, 1.54) is 32.7 Å². The number of rotatable bonds is 7. The Kier molecular flexibility index (Phi) is 8.20. The van der Waals surface area contributed by atoms with Crippen LogP contribution in [0.25, 0.3) is 22.5 Å². The summed E-state index contributed by atoms with van der Waals surface area (Å²) in [6, 6.07) is 12.8. The number of nitrogens with zero attached hydrogens (tertiary/aromatic N) is 7. The van der Waals surface area contributed by atoms with Gasteiger partial charge in [0.1, 0.15) is 29.0 Å². The lowest BCUT2D eigenvalue weighted by atomic mass is 9.77. The van der Waals surface area contributed by atoms with Crippen molar-refractivity contribution in [2.45, 2.75) is 19.3 Å². The molecular weight excluding hydrogens is 571 g/mol. The fraction of sp³-hybridized carbons (Fsp3) is 0.412. The van der Waals surface area contributed by atoms with Crippen LogP contribution in [0.15, 0.2) is 61.1 Å². The number of halogens is 1. The van der Waals surface area contributed by atoms with Crippen molar-refractivity contribution >= 4 is 23.1 Å². The topological polar surface area (TPSA) is 91.8 Å². The van der Waals surface area contributed by atoms with E-state index in [9.17, 15) is 4.39 Å². The van der Waals surface area contributed by atoms with Gasteiger partial charge in [0.25, 0.3) is 0 Å². The number of likely N-dealkylation sites (tertiary alicyclic amines) is 1. The second-order valence-corrected chi connectivity index (χ2v) is 12.3. The maximum atomic E-state index is 14.8. The van der Waals surface area contributed by atoms with E-state index in [0.717, 1.165) is 74.9 Å². The molecule has 7 rings (SSSR count). The quantitative estimate of drug-likeness (QED) is 0.299. The first kappa shape index (κ1) is 29.4. The summed E-state index contributed by atoms with van der Waals surface area (Å²) in [6.07, 6.45) is 9.07. The molecule has 0 bridgehead atoms. The molecule has 1 spiro atoms. The highest BCUT2D eigenvalue weighted by molar-refractivity contribution is 5.81. The van der Waals surface area contributed by atoms with Crippen molar-refractivity contribution in [2.24, 2.45) is 5.41 Å². The average molecular weight is 611 g/mol. The summed E-state index contributed by atoms with van der Waals surface area (Å²) in [7, 11) is 3.74. The van der Waals surface area contributed by atoms with E-state index in [1.54, 1.807) is 24.4 Å². The average Bonchev–Trinajstić information content (AvgIpc) is 3.44. The lowest BCUT2D eigenvalue weighted by molar-refractivity contribution is 0.122. The molecule has 10 nitrogen and oxygen atoms in total. The molecule has 1 N–H and O–H groups in total. The van der Waals surface area contributed by atoms with Crippen LogP contribution < -0.4 is 19.9 Å². The Hall–Kier alpha value is -4.35. The normalized spacial score (nSPS) is 18.4. The number of morpholine rings is 1. The third kappa shape index (κ3) is 6.14. The first-order valence-electron chi connectivity index (χ1n) is 15.7. The van der Waals surface area contributed by atoms with Gasteiger partial charge in [-0.1, -0.05) is 6.07 Å². The number of methoxy groups -OCH3 is 1. The van der Waals surface area contributed by atoms with Crippen molar-refractivity contribution in [3.8, 4) is 28.3 Å². The molecule has 3 saturated heterocycles. The Balaban J connectivity index is 1.19. The van der Waals surface area contributed by atoms with Crippen LogP contribution in [-0.4, -0.2) is 91.5 Å². The van der Waals surface area contributed by atoms with Gasteiger partial charge in [0.05, 0.1) is 25.9 Å². The number of pyridine rings is 2. The van der Waals surface area contributed by atoms with Crippen molar-refractivity contribution in [1.82, 2.24) is 24.8 Å². The predicted octanol–water partition coefficient (Wildman–Crippen LogP) is 5.25. The van der Waals surface area contributed by atoms with Gasteiger partial charge < -0.3 is 29.5 Å². The Bertz CT molecular complexity index is 1640. The molecule has 0 saturated carbocycles. The molecule has 0 atom stereocenters. The molecule has 234 valence electrons. The minimum Gasteiger partial charge on any atom is -0.496 e. The van der Waals surface area contributed by atoms with Crippen molar-refractivity contribution in [3.63, 3.8) is 0 Å². The van der Waals surface area contributed by atoms with Gasteiger partial charge in [-0.15, -0.1) is 0 Å². The van der Waals surface area contributed by atoms with E-state index in [-0.39, 0.29) is 11.4 Å². The number of ether oxygens (including phenoxy) is 2. The molecule has 6 heterocycles. The fourth-order valence-corrected chi connectivity index (χ4v) is 6.88. The van der Waals surface area contributed by atoms with Crippen LogP contribution in [-0.2, 0) is 4.74 Å². The summed E-state index contributed by atoms with van der Waals surface area (Å²) in [4.78, 5) is 25.8. The van der Waals surface area contributed by atoms with Crippen LogP contribution in [0.4, 0.5) is 27.5 Å². The summed E-state index contributed by atoms with van der Waals surface area (Å²) in [6.45, 7) is 7.45. The third-order valence-electron chi connectivity index (χ3n) is 9.40. The third-order valence-corrected chi connectivity index (χ3v) is 9.40. The van der Waals surface area contributed by atoms with Crippen LogP contribution in [0.3, 0.4) is 0 Å². The molecule has 3 aromatic heterocycles. The van der Waals surface area contributed by atoms with E-state index in [0.29, 0.717) is 22.8 Å². The van der Waals surface area contributed by atoms with E-state index in [1.807, 2.05) is 12.4 Å². The number of hydrogen-bond donors (Lipinski definition) is 1. The van der Waals surface area contributed by atoms with Gasteiger partial charge in [0.15, 0.2) is 5.82 Å². The van der Waals surface area contributed by atoms with Crippen molar-refractivity contribution in [2.75, 3.05) is 81.8 Å². The smallest absolute Gasteiger partial charge is 0.168 e. The van der Waals surface area contributed by atoms with E-state index >= 15 is 0 Å². The van der Waals surface area contributed by atoms with E-state index in [2.05, 4.69) is 55.2 Å². The standard InChI is InChI=1S/C34H39FN8O2/c1-41-13-9-34(23-41)10-14-42(15-11-34)27-20-30(37-22-25(27)24-6-7-31(38-21-24)43-16-18-45-19-17-43)39-29-8-12-36-33(40-29)32-26(35)4-3-5-28(32)44-2/h3-8,12,20-22H,9-11,13-19,23H2,1-2H3,(H,36,37,39,40). The number of aromatic nitrogens is 4. The molecule has 3 fully saturated rings. The molecule has 11 heteroatoms. The Morgan fingerprint density at radius 3 is 2.44 bits per heavy atom. The SMILES string of the molecule is COc1cccc(F)c1-c1nccc(Nc2cc(N3CCC4(CCN(C)C4)CC3)c(-c3ccc(N4CCOCC4)nc3)cn2)n1. The van der Waals surface area contributed by atoms with E-state index < -0.39 is 5.82 Å². The van der Waals surface area contributed by atoms with Gasteiger partial charge in [-0.05, 0) is 68.6 Å². The molecule has 0 unspecified atom stereocenters. The predicted molar refractivity (Wildman–Crippen MR) is 174 cm³/mol. The van der Waals surface area contributed by atoms with Crippen LogP contribution in [0.1, 0.15) is 19.3 Å². The fourth-order valence-electron chi connectivity index (χ4n) is 6.88. The van der Waals surface area contributed by atoms with Crippen molar-refractivity contribution in [1.29, 1.82) is 0 Å². The summed E-state index contributed by atoms with van der Waals surface area (Å²) in [5.74, 6) is 2.30. The summed E-state index contributed by atoms with van der Waals surface area (Å²) in [5.41, 5.74) is 3.81. The molecule has 0 radical (unpaired) electrons. The molecule has 3 aliphatic rings. The van der Waals surface area contributed by atoms with Crippen LogP contribution in [0, 0.1) is 11.2 Å². The highest BCUT2D eigenvalue weighted by atomic mass is 19.1. The van der Waals surface area contributed by atoms with Crippen LogP contribution >= 0.6 is 0 Å². The first-order chi connectivity index (χ1) is 22.0. The maximum Gasteiger partial charge on any atom is 0.168 e. The summed E-state index contributed by atoms with van der Waals surface area (Å²) in [5, 5.41) is 3.34. The lowest BCUT2D eigenvalue weighted by Gasteiger charge is -2.41. The number of nitrogens with one attached hydrogen (secondary N) is 1. The van der Waals surface area contributed by atoms with E-state index in [4.69, 9.17) is 19.4 Å². The number of hydrogen-bond acceptors (Lipinski definition) is 10. The summed E-state index contributed by atoms with van der Waals surface area (Å²) >= 11 is 0. The highest BCUT2D eigenvalue weighted by Crippen LogP contribution is 2.43. The molecule has 0 aliphatic carbocycles. The monoisotopic (exact) mass is 610 g/mol. The molecule has 0 amide bonds. The molecule has 1 aromatic carbocycles. The zero-order valence-corrected chi connectivity index (χ0v) is 25.9. The molecule has 45 heavy (non-hydrogen) atoms. The zero-order valence-electron chi connectivity index (χ0n) is 25.9. The Morgan fingerprint density at radius 2 is 1.71 bits per heavy atom. The van der Waals surface area contributed by atoms with Gasteiger partial charge in [0, 0.05) is 74.2 Å². The summed E-state index contributed by atoms with van der Waals surface area (Å²) < 4.78 is 25.7. The molecular formula is C34H39FN8O2. The van der Waals surface area contributed by atoms with Crippen LogP contribution in [0.2, 0.25) is 0 Å². The van der Waals surface area contributed by atoms with Gasteiger partial charge in [-0.3, -0.25) is 0 Å². The van der Waals surface area contributed by atoms with Crippen molar-refractivity contribution in [3.05, 3.63) is 66.9 Å². The second kappa shape index (κ2) is 12.6. The number of piperidine rings is 1. The maximum absolute atomic E-state index is 14.8. The lowest BCUT2D eigenvalue weighted by Crippen LogP contribution is -2.41. The van der Waals surface area contributed by atoms with Gasteiger partial charge >= 0.3 is 0 Å². The first-order valence-corrected chi connectivity index (χ1v) is 15.7. The second-order valence-electron chi connectivity index (χ2n) is 12.3. The Morgan fingerprint density at radius 1 is 0.889 bits per heavy atom. The largest absolute Gasteiger partial charge is 0.496 e. The minimum absolute atomic E-state index is 0.223. The van der Waals surface area contributed by atoms with Crippen LogP contribution in [0.5, 0.6) is 5.75 Å². The number of benzene rings is 1. The van der Waals surface area contributed by atoms with Crippen molar-refractivity contribution < 1.29 is 13.9 Å². The Labute approximate surface area is 263 Å². The minimum atomic E-state index is -0.444. The highest BCUT2D eigenvalue weighted by Gasteiger charge is 2.39.